The minimum atomic E-state index is -0.120. The van der Waals surface area contributed by atoms with E-state index in [-0.39, 0.29) is 5.78 Å². The van der Waals surface area contributed by atoms with Crippen molar-refractivity contribution in [3.8, 4) is 0 Å². The van der Waals surface area contributed by atoms with E-state index in [9.17, 15) is 9.59 Å². The molecule has 0 unspecified atom stereocenters. The molecule has 0 bridgehead atoms. The Bertz CT molecular complexity index is 570. The van der Waals surface area contributed by atoms with Crippen LogP contribution in [0.5, 0.6) is 0 Å². The lowest BCUT2D eigenvalue weighted by Gasteiger charge is -1.98. The maximum Gasteiger partial charge on any atom is 0.194 e. The summed E-state index contributed by atoms with van der Waals surface area (Å²) in [4.78, 5) is 22.8. The van der Waals surface area contributed by atoms with Crippen LogP contribution in [0.1, 0.15) is 26.4 Å². The fraction of sp³-hybridized carbons (Fsp3) is 0.0769. The van der Waals surface area contributed by atoms with Crippen LogP contribution in [-0.4, -0.2) is 16.6 Å². The van der Waals surface area contributed by atoms with Crippen molar-refractivity contribution >= 4 is 23.7 Å². The monoisotopic (exact) mass is 247 g/mol. The predicted octanol–water partition coefficient (Wildman–Crippen LogP) is 2.72. The lowest BCUT2D eigenvalue weighted by atomic mass is 10.1. The first kappa shape index (κ1) is 11.6. The molecule has 0 fully saturated rings. The van der Waals surface area contributed by atoms with Gasteiger partial charge in [0.25, 0.3) is 0 Å². The minimum Gasteiger partial charge on any atom is -0.348 e. The molecule has 0 radical (unpaired) electrons. The minimum absolute atomic E-state index is 0.120. The summed E-state index contributed by atoms with van der Waals surface area (Å²) in [5.41, 5.74) is 1.52. The van der Waals surface area contributed by atoms with E-state index in [2.05, 4.69) is 0 Å². The van der Waals surface area contributed by atoms with Gasteiger partial charge in [-0.05, 0) is 30.3 Å². The molecule has 0 aliphatic carbocycles. The molecule has 4 heteroatoms. The summed E-state index contributed by atoms with van der Waals surface area (Å²) in [6.07, 6.45) is 2.36. The van der Waals surface area contributed by atoms with Gasteiger partial charge < -0.3 is 4.57 Å². The lowest BCUT2D eigenvalue weighted by Crippen LogP contribution is -1.99. The highest BCUT2D eigenvalue weighted by atomic mass is 35.5. The number of halogens is 1. The fourth-order valence-electron chi connectivity index (χ4n) is 1.59. The summed E-state index contributed by atoms with van der Waals surface area (Å²) < 4.78 is 1.62. The Morgan fingerprint density at radius 1 is 1.24 bits per heavy atom. The molecule has 0 saturated carbocycles. The first-order valence-electron chi connectivity index (χ1n) is 5.03. The Kier molecular flexibility index (Phi) is 3.11. The van der Waals surface area contributed by atoms with Gasteiger partial charge in [0.1, 0.15) is 0 Å². The number of rotatable bonds is 3. The number of ketones is 1. The molecule has 2 aromatic rings. The Labute approximate surface area is 104 Å². The van der Waals surface area contributed by atoms with E-state index < -0.39 is 0 Å². The van der Waals surface area contributed by atoms with Gasteiger partial charge in [-0.15, -0.1) is 0 Å². The number of hydrogen-bond acceptors (Lipinski definition) is 2. The van der Waals surface area contributed by atoms with Gasteiger partial charge in [0.05, 0.1) is 5.69 Å². The third kappa shape index (κ3) is 2.29. The van der Waals surface area contributed by atoms with Crippen molar-refractivity contribution in [1.29, 1.82) is 0 Å². The molecule has 86 valence electrons. The second kappa shape index (κ2) is 4.55. The van der Waals surface area contributed by atoms with Crippen LogP contribution in [0.25, 0.3) is 0 Å². The van der Waals surface area contributed by atoms with Gasteiger partial charge in [-0.25, -0.2) is 0 Å². The van der Waals surface area contributed by atoms with Crippen molar-refractivity contribution in [2.45, 2.75) is 0 Å². The first-order valence-corrected chi connectivity index (χ1v) is 5.41. The molecular weight excluding hydrogens is 238 g/mol. The van der Waals surface area contributed by atoms with Crippen molar-refractivity contribution in [3.05, 3.63) is 58.4 Å². The molecule has 1 aromatic heterocycles. The van der Waals surface area contributed by atoms with Crippen molar-refractivity contribution < 1.29 is 9.59 Å². The molecular formula is C13H10ClNO2. The van der Waals surface area contributed by atoms with Crippen LogP contribution in [0.3, 0.4) is 0 Å². The van der Waals surface area contributed by atoms with E-state index in [4.69, 9.17) is 11.6 Å². The molecule has 0 aliphatic heterocycles. The SMILES string of the molecule is Cn1cc(C(=O)c2ccc(Cl)cc2)cc1C=O. The summed E-state index contributed by atoms with van der Waals surface area (Å²) >= 11 is 5.75. The van der Waals surface area contributed by atoms with Crippen LogP contribution >= 0.6 is 11.6 Å². The summed E-state index contributed by atoms with van der Waals surface area (Å²) in [5, 5.41) is 0.586. The molecule has 0 amide bonds. The quantitative estimate of drug-likeness (QED) is 0.618. The Morgan fingerprint density at radius 2 is 1.88 bits per heavy atom. The molecule has 0 atom stereocenters. The number of benzene rings is 1. The number of hydrogen-bond donors (Lipinski definition) is 0. The molecule has 0 aliphatic rings. The molecule has 1 aromatic carbocycles. The third-order valence-electron chi connectivity index (χ3n) is 2.53. The summed E-state index contributed by atoms with van der Waals surface area (Å²) in [6, 6.07) is 8.23. The Hall–Kier alpha value is -1.87. The van der Waals surface area contributed by atoms with E-state index in [1.54, 1.807) is 48.1 Å². The smallest absolute Gasteiger partial charge is 0.194 e. The van der Waals surface area contributed by atoms with E-state index in [0.717, 1.165) is 6.29 Å². The van der Waals surface area contributed by atoms with Gasteiger partial charge in [-0.1, -0.05) is 11.6 Å². The van der Waals surface area contributed by atoms with Gasteiger partial charge in [0.2, 0.25) is 0 Å². The molecule has 0 spiro atoms. The highest BCUT2D eigenvalue weighted by Crippen LogP contribution is 2.15. The number of aldehydes is 1. The summed E-state index contributed by atoms with van der Waals surface area (Å²) in [5.74, 6) is -0.120. The summed E-state index contributed by atoms with van der Waals surface area (Å²) in [6.45, 7) is 0. The highest BCUT2D eigenvalue weighted by Gasteiger charge is 2.12. The van der Waals surface area contributed by atoms with Gasteiger partial charge >= 0.3 is 0 Å². The second-order valence-corrected chi connectivity index (χ2v) is 4.15. The van der Waals surface area contributed by atoms with Crippen molar-refractivity contribution in [2.24, 2.45) is 7.05 Å². The average molecular weight is 248 g/mol. The van der Waals surface area contributed by atoms with Crippen LogP contribution < -0.4 is 0 Å². The number of carbonyl (C=O) groups excluding carboxylic acids is 2. The average Bonchev–Trinajstić information content (AvgIpc) is 2.70. The van der Waals surface area contributed by atoms with Crippen LogP contribution in [0.15, 0.2) is 36.5 Å². The maximum absolute atomic E-state index is 12.1. The van der Waals surface area contributed by atoms with Crippen LogP contribution in [0, 0.1) is 0 Å². The highest BCUT2D eigenvalue weighted by molar-refractivity contribution is 6.30. The number of carbonyl (C=O) groups is 2. The first-order chi connectivity index (χ1) is 8.11. The third-order valence-corrected chi connectivity index (χ3v) is 2.78. The standard InChI is InChI=1S/C13H10ClNO2/c1-15-7-10(6-12(15)8-16)13(17)9-2-4-11(14)5-3-9/h2-8H,1H3. The lowest BCUT2D eigenvalue weighted by molar-refractivity contribution is 0.103. The van der Waals surface area contributed by atoms with E-state index in [1.165, 1.54) is 0 Å². The maximum atomic E-state index is 12.1. The van der Waals surface area contributed by atoms with E-state index >= 15 is 0 Å². The molecule has 1 heterocycles. The normalized spacial score (nSPS) is 10.2. The zero-order chi connectivity index (χ0) is 12.4. The molecule has 2 rings (SSSR count). The molecule has 3 nitrogen and oxygen atoms in total. The summed E-state index contributed by atoms with van der Waals surface area (Å²) in [7, 11) is 1.72. The van der Waals surface area contributed by atoms with Gasteiger partial charge in [0, 0.05) is 29.4 Å². The topological polar surface area (TPSA) is 39.1 Å². The Balaban J connectivity index is 2.36. The predicted molar refractivity (Wildman–Crippen MR) is 65.7 cm³/mol. The zero-order valence-corrected chi connectivity index (χ0v) is 9.94. The Morgan fingerprint density at radius 3 is 2.41 bits per heavy atom. The van der Waals surface area contributed by atoms with Gasteiger partial charge in [0.15, 0.2) is 12.1 Å². The van der Waals surface area contributed by atoms with Crippen LogP contribution in [-0.2, 0) is 7.05 Å². The fourth-order valence-corrected chi connectivity index (χ4v) is 1.72. The second-order valence-electron chi connectivity index (χ2n) is 3.72. The van der Waals surface area contributed by atoms with E-state index in [1.807, 2.05) is 0 Å². The van der Waals surface area contributed by atoms with Crippen molar-refractivity contribution in [1.82, 2.24) is 4.57 Å². The molecule has 0 saturated heterocycles. The van der Waals surface area contributed by atoms with Crippen LogP contribution in [0.4, 0.5) is 0 Å². The van der Waals surface area contributed by atoms with Crippen molar-refractivity contribution in [2.75, 3.05) is 0 Å². The zero-order valence-electron chi connectivity index (χ0n) is 9.18. The van der Waals surface area contributed by atoms with Crippen LogP contribution in [0.2, 0.25) is 5.02 Å². The number of aryl methyl sites for hydroxylation is 1. The van der Waals surface area contributed by atoms with Gasteiger partial charge in [-0.3, -0.25) is 9.59 Å². The largest absolute Gasteiger partial charge is 0.348 e. The van der Waals surface area contributed by atoms with Crippen molar-refractivity contribution in [3.63, 3.8) is 0 Å². The van der Waals surface area contributed by atoms with Gasteiger partial charge in [-0.2, -0.15) is 0 Å². The number of nitrogens with zero attached hydrogens (tertiary/aromatic N) is 1. The number of aromatic nitrogens is 1. The molecule has 0 N–H and O–H groups in total. The van der Waals surface area contributed by atoms with E-state index in [0.29, 0.717) is 21.8 Å². The molecule has 17 heavy (non-hydrogen) atoms.